The Hall–Kier alpha value is -0.950. The van der Waals surface area contributed by atoms with Gasteiger partial charge in [0, 0.05) is 23.1 Å². The molecule has 1 heterocycles. The fourth-order valence-electron chi connectivity index (χ4n) is 4.79. The number of alkyl halides is 2. The lowest BCUT2D eigenvalue weighted by Gasteiger charge is -2.52. The monoisotopic (exact) mass is 399 g/mol. The highest BCUT2D eigenvalue weighted by Crippen LogP contribution is 2.64. The van der Waals surface area contributed by atoms with Gasteiger partial charge >= 0.3 is 6.61 Å². The molecule has 1 unspecified atom stereocenters. The molecular weight excluding hydrogens is 376 g/mol. The van der Waals surface area contributed by atoms with Crippen LogP contribution in [0.1, 0.15) is 32.1 Å². The van der Waals surface area contributed by atoms with Gasteiger partial charge in [-0.1, -0.05) is 6.42 Å². The number of anilines is 1. The van der Waals surface area contributed by atoms with E-state index in [1.807, 2.05) is 0 Å². The zero-order valence-electron chi connectivity index (χ0n) is 14.5. The van der Waals surface area contributed by atoms with Crippen LogP contribution in [0.25, 0.3) is 0 Å². The molecule has 1 aromatic carbocycles. The van der Waals surface area contributed by atoms with Crippen LogP contribution in [0.3, 0.4) is 0 Å². The van der Waals surface area contributed by atoms with Crippen LogP contribution in [0.15, 0.2) is 24.3 Å². The van der Waals surface area contributed by atoms with Gasteiger partial charge in [-0.3, -0.25) is 4.79 Å². The summed E-state index contributed by atoms with van der Waals surface area (Å²) in [7, 11) is 0. The molecule has 1 aromatic rings. The molecule has 7 heteroatoms. The number of benzene rings is 1. The quantitative estimate of drug-likeness (QED) is 0.752. The second kappa shape index (κ2) is 7.58. The Morgan fingerprint density at radius 1 is 1.12 bits per heavy atom. The van der Waals surface area contributed by atoms with E-state index in [1.54, 1.807) is 12.1 Å². The van der Waals surface area contributed by atoms with Gasteiger partial charge in [0.25, 0.3) is 0 Å². The summed E-state index contributed by atoms with van der Waals surface area (Å²) in [5.74, 6) is 3.95. The lowest BCUT2D eigenvalue weighted by atomic mass is 9.67. The Morgan fingerprint density at radius 2 is 1.73 bits per heavy atom. The first-order valence-corrected chi connectivity index (χ1v) is 11.2. The lowest BCUT2D eigenvalue weighted by Crippen LogP contribution is -2.48. The zero-order chi connectivity index (χ0) is 18.1. The predicted octanol–water partition coefficient (Wildman–Crippen LogP) is 5.23. The SMILES string of the molecule is O=C(Nc1ccc(OC(F)F)cc1)C1C[C@H]2CCC[C@@H](C1)C21SCCS1. The van der Waals surface area contributed by atoms with Crippen molar-refractivity contribution in [3.63, 3.8) is 0 Å². The van der Waals surface area contributed by atoms with E-state index >= 15 is 0 Å². The zero-order valence-corrected chi connectivity index (χ0v) is 16.1. The molecule has 3 aliphatic rings. The maximum absolute atomic E-state index is 12.8. The fraction of sp³-hybridized carbons (Fsp3) is 0.632. The Bertz CT molecular complexity index is 633. The summed E-state index contributed by atoms with van der Waals surface area (Å²) in [6.45, 7) is -2.84. The lowest BCUT2D eigenvalue weighted by molar-refractivity contribution is -0.122. The van der Waals surface area contributed by atoms with Crippen LogP contribution in [0.5, 0.6) is 5.75 Å². The number of hydrogen-bond donors (Lipinski definition) is 1. The van der Waals surface area contributed by atoms with E-state index in [0.717, 1.165) is 12.8 Å². The highest BCUT2D eigenvalue weighted by molar-refractivity contribution is 8.21. The summed E-state index contributed by atoms with van der Waals surface area (Å²) < 4.78 is 29.1. The Labute approximate surface area is 161 Å². The molecule has 142 valence electrons. The first-order valence-electron chi connectivity index (χ1n) is 9.20. The molecule has 1 saturated heterocycles. The summed E-state index contributed by atoms with van der Waals surface area (Å²) in [6, 6.07) is 6.14. The molecule has 3 nitrogen and oxygen atoms in total. The van der Waals surface area contributed by atoms with Gasteiger partial charge in [-0.25, -0.2) is 0 Å². The second-order valence-electron chi connectivity index (χ2n) is 7.30. The molecule has 3 atom stereocenters. The molecule has 2 saturated carbocycles. The smallest absolute Gasteiger partial charge is 0.387 e. The van der Waals surface area contributed by atoms with Crippen molar-refractivity contribution in [3.05, 3.63) is 24.3 Å². The molecule has 1 spiro atoms. The average molecular weight is 400 g/mol. The van der Waals surface area contributed by atoms with Gasteiger partial charge in [-0.2, -0.15) is 8.78 Å². The van der Waals surface area contributed by atoms with E-state index in [4.69, 9.17) is 0 Å². The van der Waals surface area contributed by atoms with E-state index in [1.165, 1.54) is 42.9 Å². The Balaban J connectivity index is 1.40. The minimum absolute atomic E-state index is 0.0507. The normalized spacial score (nSPS) is 29.7. The van der Waals surface area contributed by atoms with Crippen molar-refractivity contribution in [2.75, 3.05) is 16.8 Å². The number of rotatable bonds is 4. The Morgan fingerprint density at radius 3 is 2.31 bits per heavy atom. The van der Waals surface area contributed by atoms with Crippen LogP contribution >= 0.6 is 23.5 Å². The van der Waals surface area contributed by atoms with Crippen LogP contribution in [-0.2, 0) is 4.79 Å². The van der Waals surface area contributed by atoms with Crippen LogP contribution in [0, 0.1) is 17.8 Å². The van der Waals surface area contributed by atoms with Gasteiger partial charge in [-0.05, 0) is 61.8 Å². The van der Waals surface area contributed by atoms with Crippen molar-refractivity contribution < 1.29 is 18.3 Å². The van der Waals surface area contributed by atoms with Crippen molar-refractivity contribution in [3.8, 4) is 5.75 Å². The molecule has 1 aliphatic heterocycles. The largest absolute Gasteiger partial charge is 0.435 e. The molecule has 3 fully saturated rings. The molecular formula is C19H23F2NO2S2. The van der Waals surface area contributed by atoms with Crippen molar-refractivity contribution in [2.24, 2.45) is 17.8 Å². The molecule has 2 aliphatic carbocycles. The van der Waals surface area contributed by atoms with E-state index in [0.29, 0.717) is 21.6 Å². The number of halogens is 2. The molecule has 1 amide bonds. The van der Waals surface area contributed by atoms with E-state index < -0.39 is 6.61 Å². The van der Waals surface area contributed by atoms with Crippen molar-refractivity contribution in [2.45, 2.75) is 42.8 Å². The molecule has 4 rings (SSSR count). The summed E-state index contributed by atoms with van der Waals surface area (Å²) in [6.07, 6.45) is 5.70. The van der Waals surface area contributed by atoms with Crippen LogP contribution in [0.2, 0.25) is 0 Å². The minimum atomic E-state index is -2.84. The average Bonchev–Trinajstić information content (AvgIpc) is 3.05. The second-order valence-corrected chi connectivity index (χ2v) is 10.3. The highest BCUT2D eigenvalue weighted by Gasteiger charge is 2.55. The number of hydrogen-bond acceptors (Lipinski definition) is 4. The van der Waals surface area contributed by atoms with Crippen LogP contribution < -0.4 is 10.1 Å². The molecule has 1 N–H and O–H groups in total. The Kier molecular flexibility index (Phi) is 5.37. The van der Waals surface area contributed by atoms with Gasteiger partial charge in [0.2, 0.25) is 5.91 Å². The number of nitrogens with one attached hydrogen (secondary N) is 1. The maximum Gasteiger partial charge on any atom is 0.387 e. The maximum atomic E-state index is 12.8. The molecule has 2 bridgehead atoms. The topological polar surface area (TPSA) is 38.3 Å². The third kappa shape index (κ3) is 3.57. The summed E-state index contributed by atoms with van der Waals surface area (Å²) in [5.41, 5.74) is 0.631. The molecule has 26 heavy (non-hydrogen) atoms. The molecule has 0 aromatic heterocycles. The van der Waals surface area contributed by atoms with E-state index in [-0.39, 0.29) is 17.6 Å². The van der Waals surface area contributed by atoms with Crippen molar-refractivity contribution in [1.29, 1.82) is 0 Å². The standard InChI is InChI=1S/C19H23F2NO2S2/c20-18(21)24-16-6-4-15(5-7-16)22-17(23)12-10-13-2-1-3-14(11-12)19(13)25-8-9-26-19/h4-7,12-14,18H,1-3,8-11H2,(H,22,23)/t12?,13-,14+. The van der Waals surface area contributed by atoms with Crippen LogP contribution in [-0.4, -0.2) is 28.1 Å². The summed E-state index contributed by atoms with van der Waals surface area (Å²) in [4.78, 5) is 12.8. The first-order chi connectivity index (χ1) is 12.6. The van der Waals surface area contributed by atoms with Gasteiger partial charge < -0.3 is 10.1 Å². The number of ether oxygens (including phenoxy) is 1. The number of carbonyl (C=O) groups excluding carboxylic acids is 1. The van der Waals surface area contributed by atoms with Gasteiger partial charge in [-0.15, -0.1) is 23.5 Å². The summed E-state index contributed by atoms with van der Waals surface area (Å²) >= 11 is 4.28. The van der Waals surface area contributed by atoms with Gasteiger partial charge in [0.05, 0.1) is 4.08 Å². The van der Waals surface area contributed by atoms with E-state index in [2.05, 4.69) is 33.6 Å². The molecule has 0 radical (unpaired) electrons. The van der Waals surface area contributed by atoms with Crippen molar-refractivity contribution >= 4 is 35.1 Å². The predicted molar refractivity (Wildman–Crippen MR) is 103 cm³/mol. The third-order valence-electron chi connectivity index (χ3n) is 5.84. The van der Waals surface area contributed by atoms with Crippen LogP contribution in [0.4, 0.5) is 14.5 Å². The fourth-order valence-corrected chi connectivity index (χ4v) is 8.72. The van der Waals surface area contributed by atoms with E-state index in [9.17, 15) is 13.6 Å². The number of amides is 1. The van der Waals surface area contributed by atoms with Gasteiger partial charge in [0.1, 0.15) is 5.75 Å². The third-order valence-corrected chi connectivity index (χ3v) is 9.86. The highest BCUT2D eigenvalue weighted by atomic mass is 32.2. The van der Waals surface area contributed by atoms with Gasteiger partial charge in [0.15, 0.2) is 0 Å². The first kappa shape index (κ1) is 18.4. The summed E-state index contributed by atoms with van der Waals surface area (Å²) in [5, 5.41) is 2.96. The minimum Gasteiger partial charge on any atom is -0.435 e. The number of thioether (sulfide) groups is 2. The van der Waals surface area contributed by atoms with Crippen molar-refractivity contribution in [1.82, 2.24) is 0 Å². The number of carbonyl (C=O) groups is 1.